The van der Waals surface area contributed by atoms with Gasteiger partial charge in [-0.2, -0.15) is 0 Å². The molecule has 0 fully saturated rings. The second kappa shape index (κ2) is 10.2. The first kappa shape index (κ1) is 25.1. The lowest BCUT2D eigenvalue weighted by atomic mass is 10.1. The van der Waals surface area contributed by atoms with E-state index in [1.165, 1.54) is 11.3 Å². The van der Waals surface area contributed by atoms with Crippen LogP contribution in [0.3, 0.4) is 0 Å². The van der Waals surface area contributed by atoms with E-state index in [1.807, 2.05) is 31.2 Å². The lowest BCUT2D eigenvalue weighted by Gasteiger charge is -2.25. The Kier molecular flexibility index (Phi) is 6.25. The number of para-hydroxylation sites is 1. The molecular weight excluding hydrogens is 538 g/mol. The van der Waals surface area contributed by atoms with Crippen LogP contribution in [-0.2, 0) is 19.5 Å². The normalized spacial score (nSPS) is 13.4. The average Bonchev–Trinajstić information content (AvgIpc) is 3.70. The zero-order valence-corrected chi connectivity index (χ0v) is 22.9. The highest BCUT2D eigenvalue weighted by Crippen LogP contribution is 2.30. The summed E-state index contributed by atoms with van der Waals surface area (Å²) in [6.07, 6.45) is 4.20. The van der Waals surface area contributed by atoms with Crippen LogP contribution in [0.5, 0.6) is 0 Å². The van der Waals surface area contributed by atoms with E-state index in [0.29, 0.717) is 21.7 Å². The number of imidazole rings is 2. The number of aryl methyl sites for hydroxylation is 1. The number of benzene rings is 2. The van der Waals surface area contributed by atoms with Gasteiger partial charge in [-0.25, -0.2) is 15.0 Å². The summed E-state index contributed by atoms with van der Waals surface area (Å²) in [7, 11) is 0. The predicted molar refractivity (Wildman–Crippen MR) is 157 cm³/mol. The second-order valence-corrected chi connectivity index (χ2v) is 11.0. The summed E-state index contributed by atoms with van der Waals surface area (Å²) in [6, 6.07) is 14.7. The van der Waals surface area contributed by atoms with E-state index < -0.39 is 5.91 Å². The third-order valence-electron chi connectivity index (χ3n) is 7.19. The minimum Gasteiger partial charge on any atom is -0.348 e. The highest BCUT2D eigenvalue weighted by molar-refractivity contribution is 7.15. The van der Waals surface area contributed by atoms with Crippen molar-refractivity contribution in [2.24, 2.45) is 0 Å². The van der Waals surface area contributed by atoms with E-state index in [9.17, 15) is 9.59 Å². The van der Waals surface area contributed by atoms with Crippen molar-refractivity contribution in [2.45, 2.75) is 26.4 Å². The molecule has 6 aromatic rings. The predicted octanol–water partition coefficient (Wildman–Crippen LogP) is 4.66. The highest BCUT2D eigenvalue weighted by Gasteiger charge is 2.23. The maximum atomic E-state index is 13.3. The minimum absolute atomic E-state index is 0.233. The van der Waals surface area contributed by atoms with Gasteiger partial charge in [0.15, 0.2) is 5.13 Å². The summed E-state index contributed by atoms with van der Waals surface area (Å²) in [5.74, 6) is -0.478. The fourth-order valence-corrected chi connectivity index (χ4v) is 6.06. The third kappa shape index (κ3) is 4.94. The van der Waals surface area contributed by atoms with Gasteiger partial charge < -0.3 is 9.97 Å². The number of nitrogens with zero attached hydrogens (tertiary/aromatic N) is 5. The van der Waals surface area contributed by atoms with Gasteiger partial charge >= 0.3 is 0 Å². The Hall–Kier alpha value is -4.94. The van der Waals surface area contributed by atoms with Crippen LogP contribution >= 0.6 is 11.3 Å². The van der Waals surface area contributed by atoms with Crippen molar-refractivity contribution in [2.75, 3.05) is 17.2 Å². The quantitative estimate of drug-likeness (QED) is 0.231. The topological polar surface area (TPSA) is 145 Å². The Morgan fingerprint density at radius 2 is 1.90 bits per heavy atom. The van der Waals surface area contributed by atoms with E-state index in [1.54, 1.807) is 36.8 Å². The van der Waals surface area contributed by atoms with Crippen LogP contribution < -0.4 is 10.6 Å². The Bertz CT molecular complexity index is 1940. The van der Waals surface area contributed by atoms with Crippen LogP contribution in [0.1, 0.15) is 42.8 Å². The van der Waals surface area contributed by atoms with E-state index >= 15 is 0 Å². The van der Waals surface area contributed by atoms with Gasteiger partial charge in [-0.3, -0.25) is 30.1 Å². The smallest absolute Gasteiger partial charge is 0.276 e. The molecular formula is C29H25N9O2S. The molecule has 0 bridgehead atoms. The number of H-pyrrole nitrogens is 2. The number of aromatic amines is 2. The van der Waals surface area contributed by atoms with Crippen molar-refractivity contribution in [3.63, 3.8) is 0 Å². The zero-order valence-electron chi connectivity index (χ0n) is 22.1. The molecule has 0 saturated carbocycles. The summed E-state index contributed by atoms with van der Waals surface area (Å²) < 4.78 is 0. The number of thiazole rings is 1. The largest absolute Gasteiger partial charge is 0.348 e. The van der Waals surface area contributed by atoms with Crippen molar-refractivity contribution in [3.8, 4) is 0 Å². The molecule has 0 atom stereocenters. The van der Waals surface area contributed by atoms with E-state index in [0.717, 1.165) is 58.8 Å². The molecule has 4 N–H and O–H groups in total. The van der Waals surface area contributed by atoms with E-state index in [-0.39, 0.29) is 17.5 Å². The summed E-state index contributed by atoms with van der Waals surface area (Å²) in [5.41, 5.74) is 4.87. The van der Waals surface area contributed by atoms with E-state index in [2.05, 4.69) is 40.5 Å². The summed E-state index contributed by atoms with van der Waals surface area (Å²) in [6.45, 7) is 4.44. The van der Waals surface area contributed by atoms with Gasteiger partial charge in [0.2, 0.25) is 5.95 Å². The Morgan fingerprint density at radius 3 is 2.76 bits per heavy atom. The molecule has 11 nitrogen and oxygen atoms in total. The average molecular weight is 564 g/mol. The standard InChI is InChI=1S/C29H25N9O2S/c1-16-23(32-15-31-16)13-38-10-9-20-24(14-38)41-29(34-20)37-26(39)19-7-4-8-21-25(19)35-28(33-21)36-27(40)22-11-17-5-2-3-6-18(17)12-30-22/h2-8,11-12,15H,9-10,13-14H2,1H3,(H,31,32)(H,34,37,39)(H2,33,35,36,40). The molecule has 204 valence electrons. The number of aromatic nitrogens is 6. The zero-order chi connectivity index (χ0) is 27.9. The van der Waals surface area contributed by atoms with Gasteiger partial charge in [0.05, 0.1) is 28.8 Å². The number of hydrogen-bond acceptors (Lipinski definition) is 8. The molecule has 0 radical (unpaired) electrons. The maximum absolute atomic E-state index is 13.3. The molecule has 2 aromatic carbocycles. The first-order valence-electron chi connectivity index (χ1n) is 13.2. The molecule has 0 spiro atoms. The lowest BCUT2D eigenvalue weighted by Crippen LogP contribution is -2.29. The molecule has 2 amide bonds. The van der Waals surface area contributed by atoms with Gasteiger partial charge in [-0.05, 0) is 30.5 Å². The Labute approximate surface area is 238 Å². The van der Waals surface area contributed by atoms with Crippen LogP contribution in [-0.4, -0.2) is 53.2 Å². The first-order valence-corrected chi connectivity index (χ1v) is 14.0. The number of rotatable bonds is 6. The Morgan fingerprint density at radius 1 is 1.02 bits per heavy atom. The van der Waals surface area contributed by atoms with Crippen LogP contribution in [0.15, 0.2) is 61.1 Å². The Balaban J connectivity index is 1.06. The highest BCUT2D eigenvalue weighted by atomic mass is 32.1. The molecule has 7 rings (SSSR count). The molecule has 1 aliphatic rings. The molecule has 1 aliphatic heterocycles. The maximum Gasteiger partial charge on any atom is 0.276 e. The van der Waals surface area contributed by atoms with Crippen molar-refractivity contribution < 1.29 is 9.59 Å². The molecule has 0 saturated heterocycles. The van der Waals surface area contributed by atoms with Gasteiger partial charge in [0.1, 0.15) is 11.2 Å². The minimum atomic E-state index is -0.398. The van der Waals surface area contributed by atoms with Crippen LogP contribution in [0.4, 0.5) is 11.1 Å². The third-order valence-corrected chi connectivity index (χ3v) is 8.19. The summed E-state index contributed by atoms with van der Waals surface area (Å²) >= 11 is 1.49. The molecule has 0 aliphatic carbocycles. The van der Waals surface area contributed by atoms with Gasteiger partial charge in [-0.15, -0.1) is 11.3 Å². The van der Waals surface area contributed by atoms with Crippen LogP contribution in [0.2, 0.25) is 0 Å². The lowest BCUT2D eigenvalue weighted by molar-refractivity contribution is 0.101. The molecule has 12 heteroatoms. The second-order valence-electron chi connectivity index (χ2n) is 9.94. The SMILES string of the molecule is Cc1[nH]cnc1CN1CCc2nc(NC(=O)c3cccc4[nH]c(NC(=O)c5cc6ccccc6cn5)nc34)sc2C1. The fraction of sp³-hybridized carbons (Fsp3) is 0.172. The number of anilines is 2. The number of carbonyl (C=O) groups excluding carboxylic acids is 2. The van der Waals surface area contributed by atoms with Crippen molar-refractivity contribution >= 4 is 56.0 Å². The first-order chi connectivity index (χ1) is 20.0. The molecule has 4 aromatic heterocycles. The van der Waals surface area contributed by atoms with Crippen molar-refractivity contribution in [3.05, 3.63) is 94.3 Å². The van der Waals surface area contributed by atoms with E-state index in [4.69, 9.17) is 4.98 Å². The van der Waals surface area contributed by atoms with Gasteiger partial charge in [0, 0.05) is 48.2 Å². The van der Waals surface area contributed by atoms with Gasteiger partial charge in [-0.1, -0.05) is 30.3 Å². The fourth-order valence-electron chi connectivity index (χ4n) is 5.01. The number of nitrogens with one attached hydrogen (secondary N) is 4. The molecule has 5 heterocycles. The van der Waals surface area contributed by atoms with Crippen LogP contribution in [0.25, 0.3) is 21.8 Å². The number of carbonyl (C=O) groups is 2. The van der Waals surface area contributed by atoms with Crippen molar-refractivity contribution in [1.82, 2.24) is 34.8 Å². The summed E-state index contributed by atoms with van der Waals surface area (Å²) in [4.78, 5) is 53.8. The molecule has 0 unspecified atom stereocenters. The summed E-state index contributed by atoms with van der Waals surface area (Å²) in [5, 5.41) is 8.14. The number of amides is 2. The van der Waals surface area contributed by atoms with Crippen LogP contribution in [0, 0.1) is 6.92 Å². The number of fused-ring (bicyclic) bond motifs is 3. The monoisotopic (exact) mass is 563 g/mol. The molecule has 41 heavy (non-hydrogen) atoms. The number of hydrogen-bond donors (Lipinski definition) is 4. The van der Waals surface area contributed by atoms with Crippen molar-refractivity contribution in [1.29, 1.82) is 0 Å². The number of pyridine rings is 1. The van der Waals surface area contributed by atoms with Gasteiger partial charge in [0.25, 0.3) is 11.8 Å².